The van der Waals surface area contributed by atoms with Gasteiger partial charge < -0.3 is 5.32 Å². The Hall–Kier alpha value is -3.30. The second-order valence-corrected chi connectivity index (χ2v) is 8.68. The highest BCUT2D eigenvalue weighted by atomic mass is 32.2. The topological polar surface area (TPSA) is 102 Å². The molecule has 0 radical (unpaired) electrons. The molecule has 0 atom stereocenters. The quantitative estimate of drug-likeness (QED) is 0.444. The van der Waals surface area contributed by atoms with Crippen molar-refractivity contribution in [3.63, 3.8) is 0 Å². The van der Waals surface area contributed by atoms with Crippen molar-refractivity contribution < 1.29 is 8.42 Å². The van der Waals surface area contributed by atoms with Crippen molar-refractivity contribution >= 4 is 26.9 Å². The van der Waals surface area contributed by atoms with E-state index in [0.717, 1.165) is 16.6 Å². The molecule has 4 aromatic rings. The number of benzene rings is 2. The van der Waals surface area contributed by atoms with Gasteiger partial charge in [0.1, 0.15) is 12.1 Å². The van der Waals surface area contributed by atoms with Crippen LogP contribution in [0.15, 0.2) is 66.0 Å². The van der Waals surface area contributed by atoms with Crippen molar-refractivity contribution in [2.45, 2.75) is 18.7 Å². The number of fused-ring (bicyclic) bond motifs is 1. The molecule has 2 aromatic heterocycles. The Bertz CT molecular complexity index is 1290. The Morgan fingerprint density at radius 3 is 2.60 bits per heavy atom. The van der Waals surface area contributed by atoms with Crippen LogP contribution >= 0.6 is 0 Å². The van der Waals surface area contributed by atoms with Crippen LogP contribution < -0.4 is 10.0 Å². The Morgan fingerprint density at radius 2 is 1.80 bits per heavy atom. The molecule has 2 aromatic carbocycles. The Labute approximate surface area is 175 Å². The maximum atomic E-state index is 12.6. The first kappa shape index (κ1) is 20.0. The van der Waals surface area contributed by atoms with Crippen LogP contribution in [-0.4, -0.2) is 41.3 Å². The summed E-state index contributed by atoms with van der Waals surface area (Å²) in [4.78, 5) is 8.92. The fourth-order valence-electron chi connectivity index (χ4n) is 3.18. The van der Waals surface area contributed by atoms with Gasteiger partial charge in [0.2, 0.25) is 10.0 Å². The fraction of sp³-hybridized carbons (Fsp3) is 0.190. The van der Waals surface area contributed by atoms with Crippen LogP contribution in [0, 0.1) is 13.8 Å². The normalized spacial score (nSPS) is 11.7. The number of aromatic nitrogens is 4. The number of nitrogens with zero attached hydrogens (tertiary/aromatic N) is 4. The summed E-state index contributed by atoms with van der Waals surface area (Å²) < 4.78 is 29.6. The molecule has 0 fully saturated rings. The van der Waals surface area contributed by atoms with E-state index in [1.807, 2.05) is 49.4 Å². The van der Waals surface area contributed by atoms with E-state index in [1.165, 1.54) is 6.33 Å². The minimum absolute atomic E-state index is 0.216. The van der Waals surface area contributed by atoms with Crippen molar-refractivity contribution in [3.05, 3.63) is 72.2 Å². The van der Waals surface area contributed by atoms with Gasteiger partial charge in [-0.2, -0.15) is 5.10 Å². The van der Waals surface area contributed by atoms with Crippen LogP contribution in [0.25, 0.3) is 16.7 Å². The van der Waals surface area contributed by atoms with Gasteiger partial charge in [0.25, 0.3) is 0 Å². The molecule has 2 heterocycles. The lowest BCUT2D eigenvalue weighted by Crippen LogP contribution is -2.29. The molecule has 0 aliphatic carbocycles. The summed E-state index contributed by atoms with van der Waals surface area (Å²) in [6.07, 6.45) is 3.16. The third kappa shape index (κ3) is 4.03. The van der Waals surface area contributed by atoms with Gasteiger partial charge in [-0.3, -0.25) is 0 Å². The predicted molar refractivity (Wildman–Crippen MR) is 116 cm³/mol. The first-order valence-corrected chi connectivity index (χ1v) is 11.0. The third-order valence-corrected chi connectivity index (χ3v) is 6.31. The maximum Gasteiger partial charge on any atom is 0.240 e. The Balaban J connectivity index is 1.46. The monoisotopic (exact) mass is 422 g/mol. The summed E-state index contributed by atoms with van der Waals surface area (Å²) in [6.45, 7) is 4.24. The van der Waals surface area contributed by atoms with Gasteiger partial charge in [-0.1, -0.05) is 30.3 Å². The van der Waals surface area contributed by atoms with Crippen molar-refractivity contribution in [2.75, 3.05) is 18.4 Å². The summed E-state index contributed by atoms with van der Waals surface area (Å²) in [5, 5.41) is 8.35. The second-order valence-electron chi connectivity index (χ2n) is 6.94. The molecule has 0 unspecified atom stereocenters. The van der Waals surface area contributed by atoms with Gasteiger partial charge in [-0.15, -0.1) is 0 Å². The summed E-state index contributed by atoms with van der Waals surface area (Å²) in [5.74, 6) is 0.605. The zero-order chi connectivity index (χ0) is 21.1. The minimum Gasteiger partial charge on any atom is -0.368 e. The van der Waals surface area contributed by atoms with Crippen LogP contribution in [0.2, 0.25) is 0 Å². The van der Waals surface area contributed by atoms with E-state index in [1.54, 1.807) is 23.9 Å². The lowest BCUT2D eigenvalue weighted by atomic mass is 10.2. The predicted octanol–water partition coefficient (Wildman–Crippen LogP) is 2.82. The SMILES string of the molecule is Cc1ccc(C)c(S(=O)(=O)NCCNc2ncnc3c2cnn3-c2ccccc2)c1. The number of nitrogens with one attached hydrogen (secondary N) is 2. The summed E-state index contributed by atoms with van der Waals surface area (Å²) >= 11 is 0. The average Bonchev–Trinajstić information content (AvgIpc) is 3.18. The zero-order valence-corrected chi connectivity index (χ0v) is 17.5. The van der Waals surface area contributed by atoms with Crippen LogP contribution in [0.3, 0.4) is 0 Å². The summed E-state index contributed by atoms with van der Waals surface area (Å²) in [5.41, 5.74) is 3.19. The molecule has 2 N–H and O–H groups in total. The van der Waals surface area contributed by atoms with E-state index in [0.29, 0.717) is 28.5 Å². The van der Waals surface area contributed by atoms with E-state index < -0.39 is 10.0 Å². The lowest BCUT2D eigenvalue weighted by Gasteiger charge is -2.11. The molecule has 0 spiro atoms. The van der Waals surface area contributed by atoms with E-state index in [9.17, 15) is 8.42 Å². The third-order valence-electron chi connectivity index (χ3n) is 4.71. The fourth-order valence-corrected chi connectivity index (χ4v) is 4.54. The molecule has 4 rings (SSSR count). The number of anilines is 1. The average molecular weight is 423 g/mol. The highest BCUT2D eigenvalue weighted by molar-refractivity contribution is 7.89. The van der Waals surface area contributed by atoms with Crippen LogP contribution in [0.1, 0.15) is 11.1 Å². The van der Waals surface area contributed by atoms with Crippen molar-refractivity contribution in [1.82, 2.24) is 24.5 Å². The number of para-hydroxylation sites is 1. The number of rotatable bonds is 7. The van der Waals surface area contributed by atoms with Gasteiger partial charge in [-0.05, 0) is 43.2 Å². The maximum absolute atomic E-state index is 12.6. The number of sulfonamides is 1. The number of hydrogen-bond acceptors (Lipinski definition) is 6. The zero-order valence-electron chi connectivity index (χ0n) is 16.7. The van der Waals surface area contributed by atoms with Crippen molar-refractivity contribution in [3.8, 4) is 5.69 Å². The molecule has 8 nitrogen and oxygen atoms in total. The van der Waals surface area contributed by atoms with Crippen LogP contribution in [-0.2, 0) is 10.0 Å². The molecule has 9 heteroatoms. The van der Waals surface area contributed by atoms with Crippen molar-refractivity contribution in [1.29, 1.82) is 0 Å². The summed E-state index contributed by atoms with van der Waals surface area (Å²) in [7, 11) is -3.58. The molecule has 0 bridgehead atoms. The Kier molecular flexibility index (Phi) is 5.47. The van der Waals surface area contributed by atoms with E-state index >= 15 is 0 Å². The van der Waals surface area contributed by atoms with Crippen molar-refractivity contribution in [2.24, 2.45) is 0 Å². The molecule has 0 aliphatic heterocycles. The molecular weight excluding hydrogens is 400 g/mol. The standard InChI is InChI=1S/C21H22N6O2S/c1-15-8-9-16(2)19(12-15)30(28,29)26-11-10-22-20-18-13-25-27(21(18)24-14-23-20)17-6-4-3-5-7-17/h3-9,12-14,26H,10-11H2,1-2H3,(H,22,23,24). The van der Waals surface area contributed by atoms with Crippen LogP contribution in [0.4, 0.5) is 5.82 Å². The second kappa shape index (κ2) is 8.21. The lowest BCUT2D eigenvalue weighted by molar-refractivity contribution is 0.582. The van der Waals surface area contributed by atoms with Gasteiger partial charge in [0.05, 0.1) is 22.2 Å². The minimum atomic E-state index is -3.58. The highest BCUT2D eigenvalue weighted by Crippen LogP contribution is 2.21. The van der Waals surface area contributed by atoms with E-state index in [4.69, 9.17) is 0 Å². The van der Waals surface area contributed by atoms with E-state index in [-0.39, 0.29) is 6.54 Å². The molecule has 0 aliphatic rings. The van der Waals surface area contributed by atoms with Crippen LogP contribution in [0.5, 0.6) is 0 Å². The molecule has 0 saturated heterocycles. The van der Waals surface area contributed by atoms with Gasteiger partial charge >= 0.3 is 0 Å². The smallest absolute Gasteiger partial charge is 0.240 e. The molecule has 0 saturated carbocycles. The first-order chi connectivity index (χ1) is 14.5. The van der Waals surface area contributed by atoms with E-state index in [2.05, 4.69) is 25.1 Å². The first-order valence-electron chi connectivity index (χ1n) is 9.51. The number of hydrogen-bond donors (Lipinski definition) is 2. The largest absolute Gasteiger partial charge is 0.368 e. The van der Waals surface area contributed by atoms with Gasteiger partial charge in [-0.25, -0.2) is 27.8 Å². The van der Waals surface area contributed by atoms with Gasteiger partial charge in [0.15, 0.2) is 5.65 Å². The molecular formula is C21H22N6O2S. The Morgan fingerprint density at radius 1 is 1.00 bits per heavy atom. The molecule has 0 amide bonds. The van der Waals surface area contributed by atoms with Gasteiger partial charge in [0, 0.05) is 13.1 Å². The molecule has 30 heavy (non-hydrogen) atoms. The summed E-state index contributed by atoms with van der Waals surface area (Å²) in [6, 6.07) is 15.1. The highest BCUT2D eigenvalue weighted by Gasteiger charge is 2.16. The molecule has 154 valence electrons. The number of aryl methyl sites for hydroxylation is 2.